The van der Waals surface area contributed by atoms with Gasteiger partial charge >= 0.3 is 0 Å². The summed E-state index contributed by atoms with van der Waals surface area (Å²) in [7, 11) is -3.64. The van der Waals surface area contributed by atoms with Crippen molar-refractivity contribution in [2.75, 3.05) is 0 Å². The van der Waals surface area contributed by atoms with Gasteiger partial charge in [0, 0.05) is 14.9 Å². The largest absolute Gasteiger partial charge is 0.227 e. The summed E-state index contributed by atoms with van der Waals surface area (Å²) in [6.45, 7) is 0. The van der Waals surface area contributed by atoms with Crippen LogP contribution in [0.1, 0.15) is 32.1 Å². The fraction of sp³-hybridized carbons (Fsp3) is 0.143. The Hall–Kier alpha value is -1.70. The lowest BCUT2D eigenvalue weighted by molar-refractivity contribution is 0.569. The molecule has 2 aromatic heterocycles. The van der Waals surface area contributed by atoms with E-state index in [0.717, 1.165) is 15.8 Å². The Bertz CT molecular complexity index is 1370. The van der Waals surface area contributed by atoms with Crippen LogP contribution in [0.2, 0.25) is 15.2 Å². The molecule has 1 aliphatic heterocycles. The van der Waals surface area contributed by atoms with E-state index in [0.29, 0.717) is 37.6 Å². The molecule has 0 spiro atoms. The van der Waals surface area contributed by atoms with Gasteiger partial charge in [-0.1, -0.05) is 59.1 Å². The molecule has 152 valence electrons. The smallest absolute Gasteiger partial charge is 0.169 e. The van der Waals surface area contributed by atoms with Crippen LogP contribution in [0, 0.1) is 0 Å². The Morgan fingerprint density at radius 1 is 0.867 bits per heavy atom. The third-order valence-electron chi connectivity index (χ3n) is 5.34. The van der Waals surface area contributed by atoms with Crippen LogP contribution in [-0.4, -0.2) is 18.4 Å². The van der Waals surface area contributed by atoms with E-state index in [1.54, 1.807) is 48.5 Å². The molecule has 0 amide bonds. The molecule has 2 atom stereocenters. The molecule has 0 radical (unpaired) electrons. The van der Waals surface area contributed by atoms with Crippen LogP contribution in [0.5, 0.6) is 0 Å². The van der Waals surface area contributed by atoms with Crippen LogP contribution in [0.25, 0.3) is 10.2 Å². The van der Waals surface area contributed by atoms with Crippen molar-refractivity contribution in [2.24, 2.45) is 0 Å². The minimum absolute atomic E-state index is 0.302. The summed E-state index contributed by atoms with van der Waals surface area (Å²) in [6.07, 6.45) is 1.70. The molecule has 0 bridgehead atoms. The van der Waals surface area contributed by atoms with Crippen LogP contribution < -0.4 is 0 Å². The zero-order valence-electron chi connectivity index (χ0n) is 15.2. The van der Waals surface area contributed by atoms with Gasteiger partial charge in [-0.25, -0.2) is 18.4 Å². The highest BCUT2D eigenvalue weighted by Gasteiger charge is 2.45. The van der Waals surface area contributed by atoms with Gasteiger partial charge in [0.25, 0.3) is 0 Å². The van der Waals surface area contributed by atoms with E-state index < -0.39 is 20.3 Å². The molecule has 5 rings (SSSR count). The highest BCUT2D eigenvalue weighted by atomic mass is 35.5. The minimum Gasteiger partial charge on any atom is -0.227 e. The molecule has 1 aliphatic rings. The van der Waals surface area contributed by atoms with Crippen molar-refractivity contribution in [3.8, 4) is 0 Å². The Kier molecular flexibility index (Phi) is 5.03. The zero-order chi connectivity index (χ0) is 21.0. The number of thiophene rings is 1. The van der Waals surface area contributed by atoms with Crippen molar-refractivity contribution in [2.45, 2.75) is 16.9 Å². The Morgan fingerprint density at radius 2 is 1.47 bits per heavy atom. The first-order valence-electron chi connectivity index (χ1n) is 9.01. The lowest BCUT2D eigenvalue weighted by Crippen LogP contribution is -2.28. The van der Waals surface area contributed by atoms with Gasteiger partial charge in [-0.05, 0) is 47.4 Å². The predicted molar refractivity (Wildman–Crippen MR) is 123 cm³/mol. The Balaban J connectivity index is 1.80. The number of rotatable bonds is 2. The maximum absolute atomic E-state index is 13.9. The van der Waals surface area contributed by atoms with E-state index in [9.17, 15) is 8.42 Å². The number of nitrogens with zero attached hydrogens (tertiary/aromatic N) is 2. The van der Waals surface area contributed by atoms with Crippen LogP contribution in [0.3, 0.4) is 0 Å². The van der Waals surface area contributed by atoms with E-state index >= 15 is 0 Å². The normalized spacial score (nSPS) is 20.2. The fourth-order valence-corrected chi connectivity index (χ4v) is 8.49. The number of halogens is 3. The fourth-order valence-electron chi connectivity index (χ4n) is 3.96. The first-order valence-corrected chi connectivity index (χ1v) is 12.6. The minimum atomic E-state index is -3.64. The second-order valence-electron chi connectivity index (χ2n) is 7.05. The molecular formula is C21H13Cl3N2O2S2. The molecule has 0 aliphatic carbocycles. The van der Waals surface area contributed by atoms with Crippen LogP contribution in [0.15, 0.2) is 54.9 Å². The quantitative estimate of drug-likeness (QED) is 0.300. The molecule has 3 heterocycles. The summed E-state index contributed by atoms with van der Waals surface area (Å²) in [5.74, 6) is 0. The molecule has 30 heavy (non-hydrogen) atoms. The van der Waals surface area contributed by atoms with Gasteiger partial charge < -0.3 is 0 Å². The molecule has 0 saturated carbocycles. The monoisotopic (exact) mass is 494 g/mol. The van der Waals surface area contributed by atoms with Crippen LogP contribution >= 0.6 is 46.1 Å². The van der Waals surface area contributed by atoms with Gasteiger partial charge in [0.15, 0.2) is 9.84 Å². The predicted octanol–water partition coefficient (Wildman–Crippen LogP) is 6.45. The Labute approximate surface area is 192 Å². The van der Waals surface area contributed by atoms with Crippen molar-refractivity contribution in [3.05, 3.63) is 91.6 Å². The number of aromatic nitrogens is 2. The maximum Gasteiger partial charge on any atom is 0.169 e. The molecule has 4 aromatic rings. The lowest BCUT2D eigenvalue weighted by atomic mass is 9.98. The van der Waals surface area contributed by atoms with Gasteiger partial charge in [-0.15, -0.1) is 11.3 Å². The molecule has 0 N–H and O–H groups in total. The highest BCUT2D eigenvalue weighted by Crippen LogP contribution is 2.52. The van der Waals surface area contributed by atoms with E-state index in [4.69, 9.17) is 34.8 Å². The van der Waals surface area contributed by atoms with Crippen LogP contribution in [-0.2, 0) is 16.3 Å². The Morgan fingerprint density at radius 3 is 2.10 bits per heavy atom. The number of sulfone groups is 1. The topological polar surface area (TPSA) is 59.9 Å². The zero-order valence-corrected chi connectivity index (χ0v) is 19.1. The van der Waals surface area contributed by atoms with Crippen molar-refractivity contribution >= 4 is 66.2 Å². The molecule has 0 saturated heterocycles. The van der Waals surface area contributed by atoms with Gasteiger partial charge in [-0.3, -0.25) is 0 Å². The summed E-state index contributed by atoms with van der Waals surface area (Å²) in [5.41, 5.74) is 2.24. The van der Waals surface area contributed by atoms with Crippen molar-refractivity contribution in [1.29, 1.82) is 0 Å². The number of fused-ring (bicyclic) bond motifs is 3. The molecule has 0 fully saturated rings. The molecular weight excluding hydrogens is 483 g/mol. The van der Waals surface area contributed by atoms with E-state index in [-0.39, 0.29) is 0 Å². The van der Waals surface area contributed by atoms with E-state index in [1.807, 2.05) is 0 Å². The standard InChI is InChI=1S/C21H13Cl3N2O2S2/c22-13-5-1-11(2-6-13)16-9-15-17-20(24)25-10-26-21(17)29-18(15)19(30(16,27)28)12-3-7-14(23)8-4-12/h1-8,10,16,19H,9H2. The summed E-state index contributed by atoms with van der Waals surface area (Å²) < 4.78 is 27.8. The third-order valence-corrected chi connectivity index (χ3v) is 9.88. The van der Waals surface area contributed by atoms with Gasteiger partial charge in [0.1, 0.15) is 21.6 Å². The van der Waals surface area contributed by atoms with E-state index in [1.165, 1.54) is 17.7 Å². The average molecular weight is 496 g/mol. The number of hydrogen-bond acceptors (Lipinski definition) is 5. The molecule has 2 aromatic carbocycles. The SMILES string of the molecule is O=S1(=O)C(c2ccc(Cl)cc2)Cc2c(sc3ncnc(Cl)c23)C1c1ccc(Cl)cc1. The van der Waals surface area contributed by atoms with Gasteiger partial charge in [0.2, 0.25) is 0 Å². The first-order chi connectivity index (χ1) is 14.4. The lowest BCUT2D eigenvalue weighted by Gasteiger charge is -2.30. The van der Waals surface area contributed by atoms with Crippen molar-refractivity contribution in [3.63, 3.8) is 0 Å². The molecule has 2 unspecified atom stereocenters. The second kappa shape index (κ2) is 7.46. The van der Waals surface area contributed by atoms with Crippen molar-refractivity contribution in [1.82, 2.24) is 9.97 Å². The van der Waals surface area contributed by atoms with Gasteiger partial charge in [0.05, 0.1) is 10.6 Å². The summed E-state index contributed by atoms with van der Waals surface area (Å²) >= 11 is 19.8. The first kappa shape index (κ1) is 20.2. The van der Waals surface area contributed by atoms with E-state index in [2.05, 4.69) is 9.97 Å². The maximum atomic E-state index is 13.9. The molecule has 4 nitrogen and oxygen atoms in total. The second-order valence-corrected chi connectivity index (χ2v) is 11.5. The van der Waals surface area contributed by atoms with Crippen molar-refractivity contribution < 1.29 is 8.42 Å². The summed E-state index contributed by atoms with van der Waals surface area (Å²) in [6, 6.07) is 13.9. The number of benzene rings is 2. The summed E-state index contributed by atoms with van der Waals surface area (Å²) in [5, 5.41) is 0.589. The number of hydrogen-bond donors (Lipinski definition) is 0. The third kappa shape index (κ3) is 3.22. The highest BCUT2D eigenvalue weighted by molar-refractivity contribution is 7.92. The van der Waals surface area contributed by atoms with Crippen LogP contribution in [0.4, 0.5) is 0 Å². The van der Waals surface area contributed by atoms with Gasteiger partial charge in [-0.2, -0.15) is 0 Å². The summed E-state index contributed by atoms with van der Waals surface area (Å²) in [4.78, 5) is 9.88. The molecule has 9 heteroatoms. The average Bonchev–Trinajstić information content (AvgIpc) is 3.08.